The zero-order valence-corrected chi connectivity index (χ0v) is 10.5. The first kappa shape index (κ1) is 13.9. The van der Waals surface area contributed by atoms with E-state index in [1.807, 2.05) is 0 Å². The summed E-state index contributed by atoms with van der Waals surface area (Å²) >= 11 is 0. The lowest BCUT2D eigenvalue weighted by Crippen LogP contribution is -2.34. The molecule has 3 nitrogen and oxygen atoms in total. The van der Waals surface area contributed by atoms with Gasteiger partial charge >= 0.3 is 0 Å². The Bertz CT molecular complexity index is 138. The van der Waals surface area contributed by atoms with Crippen LogP contribution in [0.3, 0.4) is 0 Å². The quantitative estimate of drug-likeness (QED) is 0.667. The predicted octanol–water partition coefficient (Wildman–Crippen LogP) is 0.997. The molecule has 14 heavy (non-hydrogen) atoms. The first-order valence-electron chi connectivity index (χ1n) is 5.43. The van der Waals surface area contributed by atoms with E-state index in [4.69, 9.17) is 5.73 Å². The summed E-state index contributed by atoms with van der Waals surface area (Å²) in [6.07, 6.45) is 2.28. The van der Waals surface area contributed by atoms with Crippen LogP contribution in [0.2, 0.25) is 0 Å². The van der Waals surface area contributed by atoms with Crippen molar-refractivity contribution in [1.82, 2.24) is 9.80 Å². The van der Waals surface area contributed by atoms with Gasteiger partial charge in [0.05, 0.1) is 0 Å². The molecular weight excluding hydrogens is 174 g/mol. The summed E-state index contributed by atoms with van der Waals surface area (Å²) in [5.41, 5.74) is 5.91. The summed E-state index contributed by atoms with van der Waals surface area (Å²) in [4.78, 5) is 4.58. The second-order valence-electron chi connectivity index (χ2n) is 5.20. The molecule has 0 unspecified atom stereocenters. The highest BCUT2D eigenvalue weighted by Gasteiger charge is 2.10. The number of likely N-dealkylation sites (N-methyl/N-ethyl adjacent to an activating group) is 2. The Morgan fingerprint density at radius 1 is 1.00 bits per heavy atom. The number of nitrogens with zero attached hydrogens (tertiary/aromatic N) is 2. The molecule has 0 fully saturated rings. The highest BCUT2D eigenvalue weighted by molar-refractivity contribution is 4.71. The molecule has 0 aliphatic carbocycles. The van der Waals surface area contributed by atoms with E-state index < -0.39 is 0 Å². The standard InChI is InChI=1S/C11H27N3/c1-11(2,12)7-6-8-14(5)10-9-13(3)4/h6-10,12H2,1-5H3. The average Bonchev–Trinajstić information content (AvgIpc) is 1.98. The van der Waals surface area contributed by atoms with E-state index in [9.17, 15) is 0 Å². The van der Waals surface area contributed by atoms with E-state index in [0.29, 0.717) is 0 Å². The van der Waals surface area contributed by atoms with Crippen molar-refractivity contribution in [3.8, 4) is 0 Å². The maximum Gasteiger partial charge on any atom is 0.0106 e. The lowest BCUT2D eigenvalue weighted by atomic mass is 10.0. The Morgan fingerprint density at radius 2 is 1.57 bits per heavy atom. The van der Waals surface area contributed by atoms with Crippen LogP contribution in [0.1, 0.15) is 26.7 Å². The van der Waals surface area contributed by atoms with Crippen molar-refractivity contribution >= 4 is 0 Å². The highest BCUT2D eigenvalue weighted by atomic mass is 15.1. The maximum atomic E-state index is 5.92. The van der Waals surface area contributed by atoms with Crippen molar-refractivity contribution < 1.29 is 0 Å². The van der Waals surface area contributed by atoms with E-state index in [1.54, 1.807) is 0 Å². The second kappa shape index (κ2) is 6.38. The van der Waals surface area contributed by atoms with Crippen LogP contribution in [0.5, 0.6) is 0 Å². The molecule has 0 aliphatic heterocycles. The molecule has 0 aromatic rings. The van der Waals surface area contributed by atoms with Gasteiger partial charge in [0, 0.05) is 18.6 Å². The number of hydrogen-bond acceptors (Lipinski definition) is 3. The van der Waals surface area contributed by atoms with E-state index in [2.05, 4.69) is 44.8 Å². The first-order chi connectivity index (χ1) is 6.31. The Balaban J connectivity index is 3.40. The van der Waals surface area contributed by atoms with Crippen molar-refractivity contribution in [2.75, 3.05) is 40.8 Å². The minimum absolute atomic E-state index is 0.0115. The van der Waals surface area contributed by atoms with Crippen molar-refractivity contribution in [2.45, 2.75) is 32.2 Å². The largest absolute Gasteiger partial charge is 0.326 e. The van der Waals surface area contributed by atoms with Crippen molar-refractivity contribution in [3.63, 3.8) is 0 Å². The molecule has 0 radical (unpaired) electrons. The van der Waals surface area contributed by atoms with E-state index >= 15 is 0 Å². The Morgan fingerprint density at radius 3 is 2.00 bits per heavy atom. The lowest BCUT2D eigenvalue weighted by molar-refractivity contribution is 0.270. The fourth-order valence-corrected chi connectivity index (χ4v) is 1.29. The topological polar surface area (TPSA) is 32.5 Å². The maximum absolute atomic E-state index is 5.92. The zero-order valence-electron chi connectivity index (χ0n) is 10.5. The molecule has 0 bridgehead atoms. The smallest absolute Gasteiger partial charge is 0.0106 e. The van der Waals surface area contributed by atoms with Crippen LogP contribution in [-0.2, 0) is 0 Å². The third kappa shape index (κ3) is 9.96. The summed E-state index contributed by atoms with van der Waals surface area (Å²) < 4.78 is 0. The third-order valence-electron chi connectivity index (χ3n) is 2.29. The van der Waals surface area contributed by atoms with Crippen LogP contribution >= 0.6 is 0 Å². The normalized spacial score (nSPS) is 12.9. The number of hydrogen-bond donors (Lipinski definition) is 1. The summed E-state index contributed by atoms with van der Waals surface area (Å²) in [6.45, 7) is 7.59. The molecule has 2 N–H and O–H groups in total. The minimum Gasteiger partial charge on any atom is -0.326 e. The molecule has 0 saturated heterocycles. The van der Waals surface area contributed by atoms with Gasteiger partial charge in [-0.2, -0.15) is 0 Å². The summed E-state index contributed by atoms with van der Waals surface area (Å²) in [5, 5.41) is 0. The molecule has 0 aromatic carbocycles. The zero-order chi connectivity index (χ0) is 11.2. The molecule has 0 atom stereocenters. The fraction of sp³-hybridized carbons (Fsp3) is 1.00. The Labute approximate surface area is 89.2 Å². The molecule has 0 spiro atoms. The molecule has 0 rings (SSSR count). The van der Waals surface area contributed by atoms with Crippen LogP contribution in [0.4, 0.5) is 0 Å². The van der Waals surface area contributed by atoms with E-state index in [-0.39, 0.29) is 5.54 Å². The van der Waals surface area contributed by atoms with Crippen molar-refractivity contribution in [1.29, 1.82) is 0 Å². The number of rotatable bonds is 7. The van der Waals surface area contributed by atoms with Gasteiger partial charge in [0.25, 0.3) is 0 Å². The van der Waals surface area contributed by atoms with Gasteiger partial charge in [-0.15, -0.1) is 0 Å². The molecule has 0 amide bonds. The van der Waals surface area contributed by atoms with Crippen LogP contribution in [0, 0.1) is 0 Å². The monoisotopic (exact) mass is 201 g/mol. The number of nitrogens with two attached hydrogens (primary N) is 1. The van der Waals surface area contributed by atoms with Crippen LogP contribution in [-0.4, -0.2) is 56.1 Å². The van der Waals surface area contributed by atoms with Gasteiger partial charge in [-0.25, -0.2) is 0 Å². The predicted molar refractivity (Wildman–Crippen MR) is 63.6 cm³/mol. The van der Waals surface area contributed by atoms with E-state index in [0.717, 1.165) is 26.1 Å². The molecular formula is C11H27N3. The van der Waals surface area contributed by atoms with Crippen LogP contribution in [0.15, 0.2) is 0 Å². The average molecular weight is 201 g/mol. The summed E-state index contributed by atoms with van der Waals surface area (Å²) in [6, 6.07) is 0. The van der Waals surface area contributed by atoms with E-state index in [1.165, 1.54) is 6.42 Å². The molecule has 0 heterocycles. The summed E-state index contributed by atoms with van der Waals surface area (Å²) in [5.74, 6) is 0. The van der Waals surface area contributed by atoms with Crippen LogP contribution < -0.4 is 5.73 Å². The van der Waals surface area contributed by atoms with Gasteiger partial charge in [0.2, 0.25) is 0 Å². The molecule has 0 aromatic heterocycles. The molecule has 0 aliphatic rings. The minimum atomic E-state index is -0.0115. The Hall–Kier alpha value is -0.120. The Kier molecular flexibility index (Phi) is 6.33. The van der Waals surface area contributed by atoms with Crippen molar-refractivity contribution in [3.05, 3.63) is 0 Å². The second-order valence-corrected chi connectivity index (χ2v) is 5.20. The molecule has 3 heteroatoms. The van der Waals surface area contributed by atoms with Gasteiger partial charge in [0.15, 0.2) is 0 Å². The van der Waals surface area contributed by atoms with Gasteiger partial charge in [-0.1, -0.05) is 0 Å². The highest BCUT2D eigenvalue weighted by Crippen LogP contribution is 2.07. The van der Waals surface area contributed by atoms with Crippen LogP contribution in [0.25, 0.3) is 0 Å². The van der Waals surface area contributed by atoms with Crippen molar-refractivity contribution in [2.24, 2.45) is 5.73 Å². The summed E-state index contributed by atoms with van der Waals surface area (Å²) in [7, 11) is 6.39. The SMILES string of the molecule is CN(C)CCN(C)CCCC(C)(C)N. The van der Waals surface area contributed by atoms with Gasteiger partial charge < -0.3 is 15.5 Å². The first-order valence-corrected chi connectivity index (χ1v) is 5.43. The molecule has 0 saturated carbocycles. The van der Waals surface area contributed by atoms with Gasteiger partial charge in [-0.05, 0) is 54.4 Å². The molecule has 86 valence electrons. The van der Waals surface area contributed by atoms with Gasteiger partial charge in [-0.3, -0.25) is 0 Å². The van der Waals surface area contributed by atoms with Gasteiger partial charge in [0.1, 0.15) is 0 Å². The third-order valence-corrected chi connectivity index (χ3v) is 2.29. The fourth-order valence-electron chi connectivity index (χ4n) is 1.29. The lowest BCUT2D eigenvalue weighted by Gasteiger charge is -2.22.